The highest BCUT2D eigenvalue weighted by molar-refractivity contribution is 5.72. The van der Waals surface area contributed by atoms with Gasteiger partial charge in [0.15, 0.2) is 17.5 Å². The van der Waals surface area contributed by atoms with Crippen molar-refractivity contribution in [2.75, 3.05) is 0 Å². The van der Waals surface area contributed by atoms with E-state index < -0.39 is 34.9 Å². The molecule has 0 atom stereocenters. The number of rotatable bonds is 3. The van der Waals surface area contributed by atoms with E-state index in [1.807, 2.05) is 0 Å². The first-order valence-corrected chi connectivity index (χ1v) is 12.2. The zero-order valence-electron chi connectivity index (χ0n) is 21.4. The maximum absolute atomic E-state index is 15.0. The summed E-state index contributed by atoms with van der Waals surface area (Å²) in [7, 11) is 0. The van der Waals surface area contributed by atoms with E-state index in [1.54, 1.807) is 62.4 Å². The summed E-state index contributed by atoms with van der Waals surface area (Å²) < 4.78 is 84.6. The molecule has 0 amide bonds. The topological polar surface area (TPSA) is 0 Å². The second kappa shape index (κ2) is 10.8. The Labute approximate surface area is 227 Å². The first kappa shape index (κ1) is 26.8. The lowest BCUT2D eigenvalue weighted by Gasteiger charge is -2.09. The van der Waals surface area contributed by atoms with Crippen LogP contribution >= 0.6 is 0 Å². The molecule has 40 heavy (non-hydrogen) atoms. The van der Waals surface area contributed by atoms with Crippen LogP contribution in [0.5, 0.6) is 0 Å². The molecule has 198 valence electrons. The minimum Gasteiger partial charge on any atom is -0.206 e. The zero-order chi connectivity index (χ0) is 28.6. The summed E-state index contributed by atoms with van der Waals surface area (Å²) in [5, 5.41) is 0. The number of hydrogen-bond acceptors (Lipinski definition) is 0. The third-order valence-corrected chi connectivity index (χ3v) is 6.55. The molecular formula is C34H20F6. The summed E-state index contributed by atoms with van der Waals surface area (Å²) >= 11 is 0. The van der Waals surface area contributed by atoms with Gasteiger partial charge in [-0.1, -0.05) is 48.2 Å². The van der Waals surface area contributed by atoms with Gasteiger partial charge >= 0.3 is 0 Å². The number of hydrogen-bond donors (Lipinski definition) is 0. The summed E-state index contributed by atoms with van der Waals surface area (Å²) in [6, 6.07) is 20.1. The summed E-state index contributed by atoms with van der Waals surface area (Å²) in [6.07, 6.45) is 0. The molecule has 5 rings (SSSR count). The van der Waals surface area contributed by atoms with Crippen molar-refractivity contribution < 1.29 is 26.3 Å². The summed E-state index contributed by atoms with van der Waals surface area (Å²) in [5.74, 6) is -0.307. The van der Waals surface area contributed by atoms with Gasteiger partial charge in [0.2, 0.25) is 0 Å². The van der Waals surface area contributed by atoms with Crippen LogP contribution in [-0.4, -0.2) is 0 Å². The van der Waals surface area contributed by atoms with Crippen molar-refractivity contribution in [3.8, 4) is 45.2 Å². The first-order chi connectivity index (χ1) is 19.1. The fraction of sp³-hybridized carbons (Fsp3) is 0.0588. The zero-order valence-corrected chi connectivity index (χ0v) is 21.4. The molecule has 0 heterocycles. The SMILES string of the molecule is Cc1ccc(-c2ccc(-c3ccc(C#Cc4cc(F)c(-c5cc(F)c(F)c(F)c5)cc4C)cc3)c(F)c2)c(F)c1. The van der Waals surface area contributed by atoms with Gasteiger partial charge in [0.1, 0.15) is 17.5 Å². The Balaban J connectivity index is 1.38. The lowest BCUT2D eigenvalue weighted by Crippen LogP contribution is -1.95. The van der Waals surface area contributed by atoms with Gasteiger partial charge in [-0.25, -0.2) is 26.3 Å². The lowest BCUT2D eigenvalue weighted by molar-refractivity contribution is 0.447. The Morgan fingerprint density at radius 3 is 1.65 bits per heavy atom. The van der Waals surface area contributed by atoms with Crippen molar-refractivity contribution >= 4 is 0 Å². The highest BCUT2D eigenvalue weighted by Gasteiger charge is 2.15. The second-order valence-corrected chi connectivity index (χ2v) is 9.41. The normalized spacial score (nSPS) is 10.8. The molecule has 0 aliphatic heterocycles. The molecule has 5 aromatic carbocycles. The molecule has 0 saturated heterocycles. The Hall–Kier alpha value is -4.76. The molecule has 0 fully saturated rings. The van der Waals surface area contributed by atoms with Crippen LogP contribution in [0.3, 0.4) is 0 Å². The molecule has 0 unspecified atom stereocenters. The van der Waals surface area contributed by atoms with Gasteiger partial charge in [0.25, 0.3) is 0 Å². The van der Waals surface area contributed by atoms with Gasteiger partial charge in [-0.2, -0.15) is 0 Å². The summed E-state index contributed by atoms with van der Waals surface area (Å²) in [4.78, 5) is 0. The largest absolute Gasteiger partial charge is 0.206 e. The minimum atomic E-state index is -1.62. The molecule has 0 aliphatic rings. The van der Waals surface area contributed by atoms with E-state index in [2.05, 4.69) is 11.8 Å². The predicted molar refractivity (Wildman–Crippen MR) is 144 cm³/mol. The predicted octanol–water partition coefficient (Wildman–Crippen LogP) is 9.54. The highest BCUT2D eigenvalue weighted by atomic mass is 19.2. The van der Waals surface area contributed by atoms with Gasteiger partial charge < -0.3 is 0 Å². The molecule has 0 spiro atoms. The Morgan fingerprint density at radius 1 is 0.450 bits per heavy atom. The van der Waals surface area contributed by atoms with Crippen molar-refractivity contribution in [2.24, 2.45) is 0 Å². The van der Waals surface area contributed by atoms with E-state index in [1.165, 1.54) is 18.2 Å². The molecule has 0 radical (unpaired) electrons. The summed E-state index contributed by atoms with van der Waals surface area (Å²) in [5.41, 5.74) is 3.77. The number of benzene rings is 5. The molecule has 5 aromatic rings. The molecule has 0 N–H and O–H groups in total. The van der Waals surface area contributed by atoms with Crippen LogP contribution in [0.2, 0.25) is 0 Å². The van der Waals surface area contributed by atoms with Crippen LogP contribution in [0.25, 0.3) is 33.4 Å². The molecule has 0 aromatic heterocycles. The van der Waals surface area contributed by atoms with Crippen LogP contribution in [0, 0.1) is 60.6 Å². The number of aryl methyl sites for hydroxylation is 2. The summed E-state index contributed by atoms with van der Waals surface area (Å²) in [6.45, 7) is 3.45. The maximum atomic E-state index is 15.0. The average molecular weight is 543 g/mol. The highest BCUT2D eigenvalue weighted by Crippen LogP contribution is 2.31. The first-order valence-electron chi connectivity index (χ1n) is 12.2. The maximum Gasteiger partial charge on any atom is 0.194 e. The van der Waals surface area contributed by atoms with Gasteiger partial charge in [0.05, 0.1) is 0 Å². The van der Waals surface area contributed by atoms with E-state index >= 15 is 0 Å². The molecule has 0 saturated carbocycles. The fourth-order valence-corrected chi connectivity index (χ4v) is 4.39. The Morgan fingerprint density at radius 2 is 1.00 bits per heavy atom. The van der Waals surface area contributed by atoms with E-state index in [0.29, 0.717) is 38.9 Å². The minimum absolute atomic E-state index is 0.0802. The Bertz CT molecular complexity index is 1800. The van der Waals surface area contributed by atoms with Crippen LogP contribution in [0.4, 0.5) is 26.3 Å². The van der Waals surface area contributed by atoms with Crippen LogP contribution in [0.1, 0.15) is 22.3 Å². The third-order valence-electron chi connectivity index (χ3n) is 6.55. The molecule has 6 heteroatoms. The van der Waals surface area contributed by atoms with Crippen molar-refractivity contribution in [1.82, 2.24) is 0 Å². The van der Waals surface area contributed by atoms with Crippen LogP contribution in [0.15, 0.2) is 84.9 Å². The standard InChI is InChI=1S/C34H20F6/c1-19-3-11-27(29(35)13-19)24-10-12-26(30(36)16-24)22-7-4-21(5-8-22)6-9-23-15-31(37)28(14-20(23)2)25-17-32(38)34(40)33(39)18-25/h3-5,7-8,10-18H,1-2H3. The van der Waals surface area contributed by atoms with Gasteiger partial charge in [-0.3, -0.25) is 0 Å². The van der Waals surface area contributed by atoms with Crippen molar-refractivity contribution in [2.45, 2.75) is 13.8 Å². The second-order valence-electron chi connectivity index (χ2n) is 9.41. The van der Waals surface area contributed by atoms with E-state index in [9.17, 15) is 26.3 Å². The molecule has 0 nitrogen and oxygen atoms in total. The number of halogens is 6. The van der Waals surface area contributed by atoms with Crippen molar-refractivity contribution in [3.05, 3.63) is 142 Å². The van der Waals surface area contributed by atoms with Gasteiger partial charge in [-0.15, -0.1) is 0 Å². The van der Waals surface area contributed by atoms with E-state index in [0.717, 1.165) is 23.8 Å². The van der Waals surface area contributed by atoms with Gasteiger partial charge in [-0.05, 0) is 90.2 Å². The molecular weight excluding hydrogens is 522 g/mol. The van der Waals surface area contributed by atoms with E-state index in [-0.39, 0.29) is 11.1 Å². The van der Waals surface area contributed by atoms with Gasteiger partial charge in [0, 0.05) is 27.8 Å². The Kier molecular flexibility index (Phi) is 7.23. The fourth-order valence-electron chi connectivity index (χ4n) is 4.39. The van der Waals surface area contributed by atoms with Crippen molar-refractivity contribution in [1.29, 1.82) is 0 Å². The quantitative estimate of drug-likeness (QED) is 0.121. The third kappa shape index (κ3) is 5.37. The van der Waals surface area contributed by atoms with Crippen LogP contribution < -0.4 is 0 Å². The monoisotopic (exact) mass is 542 g/mol. The molecule has 0 aliphatic carbocycles. The average Bonchev–Trinajstić information content (AvgIpc) is 2.92. The molecule has 0 bridgehead atoms. The lowest BCUT2D eigenvalue weighted by atomic mass is 9.97. The van der Waals surface area contributed by atoms with Crippen molar-refractivity contribution in [3.63, 3.8) is 0 Å². The van der Waals surface area contributed by atoms with E-state index in [4.69, 9.17) is 0 Å². The van der Waals surface area contributed by atoms with Crippen LogP contribution in [-0.2, 0) is 0 Å². The smallest absolute Gasteiger partial charge is 0.194 e.